The van der Waals surface area contributed by atoms with Crippen molar-refractivity contribution in [2.24, 2.45) is 0 Å². The fourth-order valence-electron chi connectivity index (χ4n) is 5.24. The molecule has 0 bridgehead atoms. The highest BCUT2D eigenvalue weighted by atomic mass is 16.7. The number of rotatable bonds is 15. The minimum absolute atomic E-state index is 0.0400. The van der Waals surface area contributed by atoms with Crippen molar-refractivity contribution >= 4 is 29.8 Å². The summed E-state index contributed by atoms with van der Waals surface area (Å²) in [6, 6.07) is 32.3. The summed E-state index contributed by atoms with van der Waals surface area (Å²) in [6.45, 7) is -0.528. The standard InChI is InChI=1S/C39H36O12/c40-31(41)23-13-14-24-46-39-34(51-38(45)29-21-11-4-12-22-29)33(50-37(44)28-19-9-3-10-20-28)32(49-36(43)27-17-7-2-8-18-27)30(48-39)25-47-35(42)26-15-5-1-6-16-26/h1-12,15-22,30,32-34,39H,13-14,23-25H2,(H,40,41)/t30?,32-,33?,34-,39+/m1/s1. The number of hydrogen-bond donors (Lipinski definition) is 1. The molecule has 4 aromatic carbocycles. The lowest BCUT2D eigenvalue weighted by Gasteiger charge is -2.44. The predicted octanol–water partition coefficient (Wildman–Crippen LogP) is 5.52. The van der Waals surface area contributed by atoms with Crippen LogP contribution in [0.15, 0.2) is 121 Å². The van der Waals surface area contributed by atoms with Crippen LogP contribution < -0.4 is 0 Å². The zero-order valence-corrected chi connectivity index (χ0v) is 27.4. The third-order valence-electron chi connectivity index (χ3n) is 7.80. The van der Waals surface area contributed by atoms with E-state index in [4.69, 9.17) is 33.5 Å². The number of unbranched alkanes of at least 4 members (excludes halogenated alkanes) is 1. The molecule has 1 aliphatic heterocycles. The summed E-state index contributed by atoms with van der Waals surface area (Å²) in [7, 11) is 0. The summed E-state index contributed by atoms with van der Waals surface area (Å²) < 4.78 is 35.8. The van der Waals surface area contributed by atoms with E-state index in [0.717, 1.165) is 0 Å². The maximum Gasteiger partial charge on any atom is 0.338 e. The van der Waals surface area contributed by atoms with E-state index in [2.05, 4.69) is 0 Å². The van der Waals surface area contributed by atoms with E-state index in [1.807, 2.05) is 0 Å². The van der Waals surface area contributed by atoms with Crippen LogP contribution in [0.2, 0.25) is 0 Å². The van der Waals surface area contributed by atoms with E-state index in [9.17, 15) is 24.0 Å². The van der Waals surface area contributed by atoms with Crippen molar-refractivity contribution in [3.05, 3.63) is 144 Å². The molecule has 0 spiro atoms. The summed E-state index contributed by atoms with van der Waals surface area (Å²) in [5.74, 6) is -4.13. The number of ether oxygens (including phenoxy) is 6. The first kappa shape index (κ1) is 36.4. The Bertz CT molecular complexity index is 1750. The lowest BCUT2D eigenvalue weighted by molar-refractivity contribution is -0.298. The van der Waals surface area contributed by atoms with E-state index in [0.29, 0.717) is 6.42 Å². The number of carboxylic acids is 1. The molecule has 51 heavy (non-hydrogen) atoms. The number of carboxylic acid groups (broad SMARTS) is 1. The maximum atomic E-state index is 13.6. The van der Waals surface area contributed by atoms with Crippen molar-refractivity contribution < 1.29 is 57.5 Å². The Kier molecular flexibility index (Phi) is 13.0. The summed E-state index contributed by atoms with van der Waals surface area (Å²) in [5, 5.41) is 9.07. The Morgan fingerprint density at radius 3 is 1.39 bits per heavy atom. The topological polar surface area (TPSA) is 161 Å². The van der Waals surface area contributed by atoms with Gasteiger partial charge in [-0.1, -0.05) is 72.8 Å². The molecule has 1 N–H and O–H groups in total. The molecule has 1 saturated heterocycles. The molecule has 1 aliphatic rings. The summed E-state index contributed by atoms with van der Waals surface area (Å²) in [5.41, 5.74) is 0.741. The van der Waals surface area contributed by atoms with Crippen LogP contribution in [-0.2, 0) is 33.2 Å². The third-order valence-corrected chi connectivity index (χ3v) is 7.80. The largest absolute Gasteiger partial charge is 0.481 e. The highest BCUT2D eigenvalue weighted by molar-refractivity contribution is 5.91. The average molecular weight is 697 g/mol. The van der Waals surface area contributed by atoms with Crippen molar-refractivity contribution in [1.82, 2.24) is 0 Å². The lowest BCUT2D eigenvalue weighted by Crippen LogP contribution is -2.63. The molecule has 0 radical (unpaired) electrons. The van der Waals surface area contributed by atoms with Gasteiger partial charge in [0.2, 0.25) is 0 Å². The summed E-state index contributed by atoms with van der Waals surface area (Å²) in [4.78, 5) is 64.7. The minimum Gasteiger partial charge on any atom is -0.481 e. The van der Waals surface area contributed by atoms with E-state index >= 15 is 0 Å². The first-order valence-corrected chi connectivity index (χ1v) is 16.3. The van der Waals surface area contributed by atoms with Crippen molar-refractivity contribution in [3.8, 4) is 0 Å². The summed E-state index contributed by atoms with van der Waals surface area (Å²) in [6.07, 6.45) is -6.82. The van der Waals surface area contributed by atoms with Crippen LogP contribution in [-0.4, -0.2) is 78.9 Å². The molecule has 12 heteroatoms. The number of carbonyl (C=O) groups is 5. The Labute approximate surface area is 293 Å². The van der Waals surface area contributed by atoms with Gasteiger partial charge in [-0.25, -0.2) is 19.2 Å². The number of carbonyl (C=O) groups excluding carboxylic acids is 4. The molecule has 4 aromatic rings. The molecule has 0 saturated carbocycles. The van der Waals surface area contributed by atoms with Crippen LogP contribution >= 0.6 is 0 Å². The fraction of sp³-hybridized carbons (Fsp3) is 0.256. The van der Waals surface area contributed by atoms with Crippen molar-refractivity contribution in [2.45, 2.75) is 50.0 Å². The van der Waals surface area contributed by atoms with E-state index in [1.165, 1.54) is 36.4 Å². The van der Waals surface area contributed by atoms with Gasteiger partial charge in [0.05, 0.1) is 22.3 Å². The molecular formula is C39H36O12. The highest BCUT2D eigenvalue weighted by Crippen LogP contribution is 2.32. The number of benzene rings is 4. The van der Waals surface area contributed by atoms with E-state index < -0.39 is 67.2 Å². The quantitative estimate of drug-likeness (QED) is 0.0944. The Balaban J connectivity index is 1.52. The maximum absolute atomic E-state index is 13.6. The zero-order valence-electron chi connectivity index (χ0n) is 27.4. The van der Waals surface area contributed by atoms with Crippen LogP contribution in [0.25, 0.3) is 0 Å². The molecule has 0 amide bonds. The van der Waals surface area contributed by atoms with Crippen LogP contribution in [0.1, 0.15) is 60.7 Å². The first-order valence-electron chi connectivity index (χ1n) is 16.3. The first-order chi connectivity index (χ1) is 24.8. The van der Waals surface area contributed by atoms with Crippen LogP contribution in [0.4, 0.5) is 0 Å². The minimum atomic E-state index is -1.55. The van der Waals surface area contributed by atoms with Gasteiger partial charge in [-0.15, -0.1) is 0 Å². The molecular weight excluding hydrogens is 660 g/mol. The second kappa shape index (κ2) is 18.2. The van der Waals surface area contributed by atoms with Crippen molar-refractivity contribution in [3.63, 3.8) is 0 Å². The number of hydrogen-bond acceptors (Lipinski definition) is 11. The average Bonchev–Trinajstić information content (AvgIpc) is 3.16. The number of aliphatic carboxylic acids is 1. The monoisotopic (exact) mass is 696 g/mol. The van der Waals surface area contributed by atoms with Gasteiger partial charge in [0.25, 0.3) is 0 Å². The van der Waals surface area contributed by atoms with Gasteiger partial charge in [-0.05, 0) is 61.4 Å². The predicted molar refractivity (Wildman–Crippen MR) is 180 cm³/mol. The van der Waals surface area contributed by atoms with Gasteiger partial charge in [0, 0.05) is 13.0 Å². The van der Waals surface area contributed by atoms with E-state index in [-0.39, 0.29) is 41.7 Å². The van der Waals surface area contributed by atoms with Crippen LogP contribution in [0, 0.1) is 0 Å². The SMILES string of the molecule is O=C(O)CCCCO[C@H]1OC(COC(=O)c2ccccc2)[C@@H](OC(=O)c2ccccc2)C(OC(=O)c2ccccc2)[C@H]1OC(=O)c1ccccc1. The second-order valence-corrected chi connectivity index (χ2v) is 11.4. The van der Waals surface area contributed by atoms with Crippen LogP contribution in [0.3, 0.4) is 0 Å². The molecule has 0 aliphatic carbocycles. The highest BCUT2D eigenvalue weighted by Gasteiger charge is 2.53. The Morgan fingerprint density at radius 2 is 0.941 bits per heavy atom. The molecule has 2 unspecified atom stereocenters. The summed E-state index contributed by atoms with van der Waals surface area (Å²) >= 11 is 0. The normalized spacial score (nSPS) is 19.6. The molecule has 264 valence electrons. The van der Waals surface area contributed by atoms with Crippen LogP contribution in [0.5, 0.6) is 0 Å². The van der Waals surface area contributed by atoms with Gasteiger partial charge in [-0.2, -0.15) is 0 Å². The fourth-order valence-corrected chi connectivity index (χ4v) is 5.24. The molecule has 5 rings (SSSR count). The third kappa shape index (κ3) is 10.3. The van der Waals surface area contributed by atoms with Gasteiger partial charge < -0.3 is 33.5 Å². The van der Waals surface area contributed by atoms with Crippen molar-refractivity contribution in [1.29, 1.82) is 0 Å². The van der Waals surface area contributed by atoms with Gasteiger partial charge in [0.15, 0.2) is 24.6 Å². The lowest BCUT2D eigenvalue weighted by atomic mass is 9.97. The van der Waals surface area contributed by atoms with Gasteiger partial charge in [-0.3, -0.25) is 4.79 Å². The van der Waals surface area contributed by atoms with E-state index in [1.54, 1.807) is 84.9 Å². The van der Waals surface area contributed by atoms with Gasteiger partial charge >= 0.3 is 29.8 Å². The number of esters is 4. The van der Waals surface area contributed by atoms with Gasteiger partial charge in [0.1, 0.15) is 12.7 Å². The Hall–Kier alpha value is -5.85. The molecule has 1 fully saturated rings. The molecule has 12 nitrogen and oxygen atoms in total. The zero-order chi connectivity index (χ0) is 36.0. The molecule has 0 aromatic heterocycles. The smallest absolute Gasteiger partial charge is 0.338 e. The molecule has 1 heterocycles. The Morgan fingerprint density at radius 1 is 0.529 bits per heavy atom. The molecule has 5 atom stereocenters. The second-order valence-electron chi connectivity index (χ2n) is 11.4. The van der Waals surface area contributed by atoms with Crippen molar-refractivity contribution in [2.75, 3.05) is 13.2 Å².